The zero-order valence-electron chi connectivity index (χ0n) is 14.6. The van der Waals surface area contributed by atoms with Crippen molar-refractivity contribution in [3.8, 4) is 17.0 Å². The Morgan fingerprint density at radius 2 is 1.85 bits per heavy atom. The molecule has 0 amide bonds. The van der Waals surface area contributed by atoms with E-state index >= 15 is 0 Å². The van der Waals surface area contributed by atoms with Gasteiger partial charge in [-0.15, -0.1) is 0 Å². The second-order valence-electron chi connectivity index (χ2n) is 6.50. The Morgan fingerprint density at radius 3 is 2.63 bits per heavy atom. The van der Waals surface area contributed by atoms with Crippen molar-refractivity contribution < 1.29 is 14.6 Å². The summed E-state index contributed by atoms with van der Waals surface area (Å²) in [5.41, 5.74) is 4.24. The summed E-state index contributed by atoms with van der Waals surface area (Å²) in [4.78, 5) is 23.0. The number of carboxylic acids is 1. The van der Waals surface area contributed by atoms with Crippen LogP contribution in [0.5, 0.6) is 5.75 Å². The zero-order valence-corrected chi connectivity index (χ0v) is 14.6. The summed E-state index contributed by atoms with van der Waals surface area (Å²) in [5.74, 6) is -0.315. The van der Waals surface area contributed by atoms with Crippen LogP contribution in [0.25, 0.3) is 11.3 Å². The van der Waals surface area contributed by atoms with Crippen LogP contribution in [-0.4, -0.2) is 20.9 Å². The predicted octanol–water partition coefficient (Wildman–Crippen LogP) is 2.67. The molecule has 0 fully saturated rings. The molecule has 1 heterocycles. The van der Waals surface area contributed by atoms with E-state index < -0.39 is 12.5 Å². The van der Waals surface area contributed by atoms with Crippen molar-refractivity contribution in [3.63, 3.8) is 0 Å². The molecule has 136 valence electrons. The van der Waals surface area contributed by atoms with Gasteiger partial charge in [-0.05, 0) is 47.7 Å². The van der Waals surface area contributed by atoms with E-state index in [4.69, 9.17) is 9.84 Å². The first-order valence-corrected chi connectivity index (χ1v) is 8.73. The number of fused-ring (bicyclic) bond motifs is 3. The number of aromatic nitrogens is 2. The lowest BCUT2D eigenvalue weighted by Crippen LogP contribution is -2.28. The van der Waals surface area contributed by atoms with Crippen molar-refractivity contribution in [1.29, 1.82) is 0 Å². The first-order valence-electron chi connectivity index (χ1n) is 8.73. The van der Waals surface area contributed by atoms with Crippen LogP contribution in [0.3, 0.4) is 0 Å². The lowest BCUT2D eigenvalue weighted by atomic mass is 9.89. The fourth-order valence-corrected chi connectivity index (χ4v) is 3.29. The molecule has 1 N–H and O–H groups in total. The van der Waals surface area contributed by atoms with E-state index in [1.54, 1.807) is 0 Å². The third-order valence-electron chi connectivity index (χ3n) is 4.61. The molecular formula is C21H18N2O4. The van der Waals surface area contributed by atoms with Gasteiger partial charge in [0.05, 0.1) is 5.69 Å². The van der Waals surface area contributed by atoms with E-state index in [1.807, 2.05) is 48.5 Å². The van der Waals surface area contributed by atoms with Crippen molar-refractivity contribution in [2.24, 2.45) is 0 Å². The van der Waals surface area contributed by atoms with Crippen molar-refractivity contribution in [2.75, 3.05) is 0 Å². The number of nitrogens with zero attached hydrogens (tertiary/aromatic N) is 2. The lowest BCUT2D eigenvalue weighted by molar-refractivity contribution is -0.138. The van der Waals surface area contributed by atoms with Gasteiger partial charge in [-0.3, -0.25) is 9.59 Å². The van der Waals surface area contributed by atoms with Gasteiger partial charge in [-0.2, -0.15) is 5.10 Å². The summed E-state index contributed by atoms with van der Waals surface area (Å²) < 4.78 is 6.88. The molecule has 27 heavy (non-hydrogen) atoms. The number of carbonyl (C=O) groups is 1. The van der Waals surface area contributed by atoms with Crippen molar-refractivity contribution in [3.05, 3.63) is 81.6 Å². The largest absolute Gasteiger partial charge is 0.489 e. The van der Waals surface area contributed by atoms with Gasteiger partial charge in [0, 0.05) is 11.6 Å². The fourth-order valence-electron chi connectivity index (χ4n) is 3.29. The molecule has 0 saturated carbocycles. The summed E-state index contributed by atoms with van der Waals surface area (Å²) in [6, 6.07) is 17.2. The lowest BCUT2D eigenvalue weighted by Gasteiger charge is -2.20. The highest BCUT2D eigenvalue weighted by atomic mass is 16.5. The second kappa shape index (κ2) is 7.07. The molecule has 6 heteroatoms. The van der Waals surface area contributed by atoms with Crippen LogP contribution < -0.4 is 10.3 Å². The molecule has 6 nitrogen and oxygen atoms in total. The smallest absolute Gasteiger partial charge is 0.325 e. The molecule has 1 aliphatic carbocycles. The van der Waals surface area contributed by atoms with Crippen LogP contribution >= 0.6 is 0 Å². The number of ether oxygens (including phenoxy) is 1. The third-order valence-corrected chi connectivity index (χ3v) is 4.61. The molecule has 4 rings (SSSR count). The van der Waals surface area contributed by atoms with Gasteiger partial charge in [0.1, 0.15) is 18.9 Å². The molecule has 0 spiro atoms. The predicted molar refractivity (Wildman–Crippen MR) is 99.8 cm³/mol. The van der Waals surface area contributed by atoms with E-state index in [1.165, 1.54) is 6.07 Å². The number of benzene rings is 2. The van der Waals surface area contributed by atoms with Gasteiger partial charge in [0.2, 0.25) is 0 Å². The molecule has 0 saturated heterocycles. The number of carboxylic acid groups (broad SMARTS) is 1. The Kier molecular flexibility index (Phi) is 4.46. The molecule has 0 aliphatic heterocycles. The van der Waals surface area contributed by atoms with Gasteiger partial charge in [-0.25, -0.2) is 4.68 Å². The van der Waals surface area contributed by atoms with Crippen LogP contribution in [-0.2, 0) is 30.8 Å². The van der Waals surface area contributed by atoms with Gasteiger partial charge in [0.15, 0.2) is 0 Å². The van der Waals surface area contributed by atoms with E-state index in [9.17, 15) is 9.59 Å². The van der Waals surface area contributed by atoms with Crippen molar-refractivity contribution in [2.45, 2.75) is 26.0 Å². The standard InChI is InChI=1S/C21H18N2O4/c24-19-11-16-7-6-15-10-17(27-13-14-4-2-1-3-5-14)8-9-18(15)21(16)22-23(19)12-20(25)26/h1-5,8-11H,6-7,12-13H2,(H,25,26). The Hall–Kier alpha value is -3.41. The Morgan fingerprint density at radius 1 is 1.07 bits per heavy atom. The number of rotatable bonds is 5. The Balaban J connectivity index is 1.62. The summed E-state index contributed by atoms with van der Waals surface area (Å²) in [7, 11) is 0. The normalized spacial score (nSPS) is 12.1. The number of aryl methyl sites for hydroxylation is 2. The van der Waals surface area contributed by atoms with Crippen LogP contribution in [0.4, 0.5) is 0 Å². The quantitative estimate of drug-likeness (QED) is 0.755. The number of aliphatic carboxylic acids is 1. The van der Waals surface area contributed by atoms with Gasteiger partial charge in [0.25, 0.3) is 5.56 Å². The second-order valence-corrected chi connectivity index (χ2v) is 6.50. The van der Waals surface area contributed by atoms with Crippen LogP contribution in [0, 0.1) is 0 Å². The molecule has 1 aliphatic rings. The van der Waals surface area contributed by atoms with Crippen LogP contribution in [0.2, 0.25) is 0 Å². The molecular weight excluding hydrogens is 344 g/mol. The highest BCUT2D eigenvalue weighted by molar-refractivity contribution is 5.70. The van der Waals surface area contributed by atoms with Gasteiger partial charge < -0.3 is 9.84 Å². The highest BCUT2D eigenvalue weighted by Crippen LogP contribution is 2.33. The summed E-state index contributed by atoms with van der Waals surface area (Å²) in [5, 5.41) is 13.3. The number of hydrogen-bond acceptors (Lipinski definition) is 4. The summed E-state index contributed by atoms with van der Waals surface area (Å²) in [6.07, 6.45) is 1.48. The van der Waals surface area contributed by atoms with E-state index in [2.05, 4.69) is 5.10 Å². The maximum absolute atomic E-state index is 12.0. The van der Waals surface area contributed by atoms with Crippen molar-refractivity contribution >= 4 is 5.97 Å². The topological polar surface area (TPSA) is 81.4 Å². The van der Waals surface area contributed by atoms with Gasteiger partial charge >= 0.3 is 5.97 Å². The van der Waals surface area contributed by atoms with Gasteiger partial charge in [-0.1, -0.05) is 30.3 Å². The minimum Gasteiger partial charge on any atom is -0.489 e. The van der Waals surface area contributed by atoms with E-state index in [0.717, 1.165) is 39.1 Å². The maximum Gasteiger partial charge on any atom is 0.325 e. The summed E-state index contributed by atoms with van der Waals surface area (Å²) >= 11 is 0. The Bertz CT molecular complexity index is 1060. The minimum absolute atomic E-state index is 0.387. The molecule has 0 atom stereocenters. The Labute approximate surface area is 155 Å². The number of hydrogen-bond donors (Lipinski definition) is 1. The fraction of sp³-hybridized carbons (Fsp3) is 0.190. The molecule has 3 aromatic rings. The minimum atomic E-state index is -1.09. The average molecular weight is 362 g/mol. The third kappa shape index (κ3) is 3.60. The SMILES string of the molecule is O=C(O)Cn1nc2c(cc1=O)CCc1cc(OCc3ccccc3)ccc1-2. The average Bonchev–Trinajstić information content (AvgIpc) is 2.67. The molecule has 0 radical (unpaired) electrons. The maximum atomic E-state index is 12.0. The highest BCUT2D eigenvalue weighted by Gasteiger charge is 2.20. The zero-order chi connectivity index (χ0) is 18.8. The molecule has 1 aromatic heterocycles. The molecule has 0 bridgehead atoms. The monoisotopic (exact) mass is 362 g/mol. The first-order chi connectivity index (χ1) is 13.1. The van der Waals surface area contributed by atoms with E-state index in [-0.39, 0.29) is 5.56 Å². The first kappa shape index (κ1) is 17.0. The molecule has 2 aromatic carbocycles. The van der Waals surface area contributed by atoms with E-state index in [0.29, 0.717) is 18.7 Å². The molecule has 0 unspecified atom stereocenters. The van der Waals surface area contributed by atoms with Crippen LogP contribution in [0.15, 0.2) is 59.4 Å². The van der Waals surface area contributed by atoms with Crippen LogP contribution in [0.1, 0.15) is 16.7 Å². The summed E-state index contributed by atoms with van der Waals surface area (Å²) in [6.45, 7) is 0.0480. The van der Waals surface area contributed by atoms with Crippen molar-refractivity contribution in [1.82, 2.24) is 9.78 Å².